The number of benzene rings is 3. The van der Waals surface area contributed by atoms with Gasteiger partial charge >= 0.3 is 0 Å². The van der Waals surface area contributed by atoms with Gasteiger partial charge in [-0.2, -0.15) is 0 Å². The van der Waals surface area contributed by atoms with Crippen LogP contribution in [0.1, 0.15) is 61.3 Å². The summed E-state index contributed by atoms with van der Waals surface area (Å²) in [5.41, 5.74) is 3.80. The number of carbonyl (C=O) groups is 2. The number of rotatable bonds is 10. The van der Waals surface area contributed by atoms with Crippen LogP contribution in [0.2, 0.25) is 5.02 Å². The summed E-state index contributed by atoms with van der Waals surface area (Å²) in [6.07, 6.45) is 5.14. The smallest absolute Gasteiger partial charge is 0.264 e. The Morgan fingerprint density at radius 3 is 2.10 bits per heavy atom. The number of nitrogens with one attached hydrogen (secondary N) is 1. The molecule has 1 fully saturated rings. The van der Waals surface area contributed by atoms with Crippen LogP contribution in [0, 0.1) is 20.8 Å². The monoisotopic (exact) mass is 609 g/mol. The average Bonchev–Trinajstić information content (AvgIpc) is 2.96. The molecule has 0 unspecified atom stereocenters. The van der Waals surface area contributed by atoms with Crippen molar-refractivity contribution in [3.63, 3.8) is 0 Å². The van der Waals surface area contributed by atoms with Crippen LogP contribution >= 0.6 is 11.6 Å². The molecule has 3 aromatic rings. The Balaban J connectivity index is 1.69. The molecule has 0 radical (unpaired) electrons. The maximum absolute atomic E-state index is 14.2. The fourth-order valence-electron chi connectivity index (χ4n) is 5.29. The van der Waals surface area contributed by atoms with Gasteiger partial charge in [0.05, 0.1) is 10.6 Å². The summed E-state index contributed by atoms with van der Waals surface area (Å²) >= 11 is 6.20. The van der Waals surface area contributed by atoms with Crippen molar-refractivity contribution in [2.24, 2.45) is 0 Å². The van der Waals surface area contributed by atoms with Gasteiger partial charge in [-0.1, -0.05) is 78.4 Å². The number of hydrogen-bond donors (Lipinski definition) is 1. The molecule has 0 saturated heterocycles. The Kier molecular flexibility index (Phi) is 10.3. The Labute approximate surface area is 254 Å². The molecule has 42 heavy (non-hydrogen) atoms. The Morgan fingerprint density at radius 1 is 0.905 bits per heavy atom. The lowest BCUT2D eigenvalue weighted by atomic mass is 9.95. The minimum atomic E-state index is -4.14. The zero-order valence-corrected chi connectivity index (χ0v) is 26.3. The van der Waals surface area contributed by atoms with E-state index in [0.717, 1.165) is 53.1 Å². The minimum Gasteiger partial charge on any atom is -0.352 e. The second kappa shape index (κ2) is 13.7. The van der Waals surface area contributed by atoms with Gasteiger partial charge in [0.25, 0.3) is 10.0 Å². The van der Waals surface area contributed by atoms with Crippen LogP contribution in [0.5, 0.6) is 0 Å². The number of sulfonamides is 1. The van der Waals surface area contributed by atoms with E-state index in [0.29, 0.717) is 16.3 Å². The minimum absolute atomic E-state index is 0.0726. The summed E-state index contributed by atoms with van der Waals surface area (Å²) in [7, 11) is -4.14. The van der Waals surface area contributed by atoms with E-state index < -0.39 is 28.5 Å². The summed E-state index contributed by atoms with van der Waals surface area (Å²) in [6.45, 7) is 7.01. The topological polar surface area (TPSA) is 86.8 Å². The van der Waals surface area contributed by atoms with E-state index in [1.807, 2.05) is 38.1 Å². The summed E-state index contributed by atoms with van der Waals surface area (Å²) < 4.78 is 29.2. The average molecular weight is 610 g/mol. The standard InChI is InChI=1S/C33H40ClN3O4S/c1-23-10-14-27(15-11-23)21-36(26(4)33(39)35-29-8-6-5-7-9-29)32(38)22-37(31-19-16-28(34)20-25(31)3)42(40,41)30-17-12-24(2)13-18-30/h10-20,26,29H,5-9,21-22H2,1-4H3,(H,35,39)/t26-/m1/s1. The summed E-state index contributed by atoms with van der Waals surface area (Å²) in [5, 5.41) is 3.59. The van der Waals surface area contributed by atoms with Gasteiger partial charge in [0.15, 0.2) is 0 Å². The van der Waals surface area contributed by atoms with Crippen LogP contribution in [-0.2, 0) is 26.2 Å². The molecule has 9 heteroatoms. The second-order valence-electron chi connectivity index (χ2n) is 11.3. The lowest BCUT2D eigenvalue weighted by Gasteiger charge is -2.33. The molecule has 0 aromatic heterocycles. The molecule has 1 atom stereocenters. The fourth-order valence-corrected chi connectivity index (χ4v) is 7.00. The van der Waals surface area contributed by atoms with Gasteiger partial charge in [0.1, 0.15) is 12.6 Å². The first-order chi connectivity index (χ1) is 20.0. The van der Waals surface area contributed by atoms with Crippen LogP contribution < -0.4 is 9.62 Å². The lowest BCUT2D eigenvalue weighted by molar-refractivity contribution is -0.139. The Morgan fingerprint density at radius 2 is 1.50 bits per heavy atom. The van der Waals surface area contributed by atoms with Crippen LogP contribution in [0.25, 0.3) is 0 Å². The molecule has 0 spiro atoms. The number of hydrogen-bond acceptors (Lipinski definition) is 4. The number of nitrogens with zero attached hydrogens (tertiary/aromatic N) is 2. The quantitative estimate of drug-likeness (QED) is 0.291. The highest BCUT2D eigenvalue weighted by Gasteiger charge is 2.33. The maximum Gasteiger partial charge on any atom is 0.264 e. The highest BCUT2D eigenvalue weighted by Crippen LogP contribution is 2.30. The molecular formula is C33H40ClN3O4S. The van der Waals surface area contributed by atoms with Crippen molar-refractivity contribution in [2.45, 2.75) is 83.3 Å². The number of carbonyl (C=O) groups excluding carboxylic acids is 2. The van der Waals surface area contributed by atoms with Crippen LogP contribution in [0.3, 0.4) is 0 Å². The predicted octanol–water partition coefficient (Wildman–Crippen LogP) is 6.33. The zero-order chi connectivity index (χ0) is 30.4. The molecule has 4 rings (SSSR count). The van der Waals surface area contributed by atoms with Gasteiger partial charge < -0.3 is 10.2 Å². The van der Waals surface area contributed by atoms with E-state index in [2.05, 4.69) is 5.32 Å². The third kappa shape index (κ3) is 7.72. The number of anilines is 1. The molecule has 0 aliphatic heterocycles. The molecule has 1 N–H and O–H groups in total. The first kappa shape index (κ1) is 31.6. The molecule has 2 amide bonds. The lowest BCUT2D eigenvalue weighted by Crippen LogP contribution is -2.53. The molecule has 1 aliphatic rings. The van der Waals surface area contributed by atoms with Gasteiger partial charge in [-0.3, -0.25) is 13.9 Å². The Hall–Kier alpha value is -3.36. The molecule has 0 heterocycles. The third-order valence-corrected chi connectivity index (χ3v) is 9.92. The highest BCUT2D eigenvalue weighted by molar-refractivity contribution is 7.92. The summed E-state index contributed by atoms with van der Waals surface area (Å²) in [4.78, 5) is 29.2. The molecule has 1 aliphatic carbocycles. The highest BCUT2D eigenvalue weighted by atomic mass is 35.5. The van der Waals surface area contributed by atoms with Gasteiger partial charge in [-0.25, -0.2) is 8.42 Å². The second-order valence-corrected chi connectivity index (χ2v) is 13.6. The largest absolute Gasteiger partial charge is 0.352 e. The Bertz CT molecular complexity index is 1500. The van der Waals surface area contributed by atoms with Crippen molar-refractivity contribution >= 4 is 39.1 Å². The van der Waals surface area contributed by atoms with Crippen LogP contribution in [0.15, 0.2) is 71.6 Å². The molecule has 3 aromatic carbocycles. The van der Waals surface area contributed by atoms with Crippen LogP contribution in [0.4, 0.5) is 5.69 Å². The van der Waals surface area contributed by atoms with Gasteiger partial charge in [0.2, 0.25) is 11.8 Å². The van der Waals surface area contributed by atoms with Gasteiger partial charge in [0, 0.05) is 17.6 Å². The van der Waals surface area contributed by atoms with E-state index in [1.165, 1.54) is 17.0 Å². The van der Waals surface area contributed by atoms with Crippen LogP contribution in [-0.4, -0.2) is 43.8 Å². The first-order valence-corrected chi connectivity index (χ1v) is 16.3. The van der Waals surface area contributed by atoms with Gasteiger partial charge in [-0.05, 0) is 82.0 Å². The summed E-state index contributed by atoms with van der Waals surface area (Å²) in [5.74, 6) is -0.718. The number of aryl methyl sites for hydroxylation is 3. The molecular weight excluding hydrogens is 570 g/mol. The number of halogens is 1. The van der Waals surface area contributed by atoms with E-state index in [1.54, 1.807) is 44.2 Å². The van der Waals surface area contributed by atoms with Gasteiger partial charge in [-0.15, -0.1) is 0 Å². The van der Waals surface area contributed by atoms with E-state index in [4.69, 9.17) is 11.6 Å². The van der Waals surface area contributed by atoms with Crippen molar-refractivity contribution in [3.8, 4) is 0 Å². The SMILES string of the molecule is Cc1ccc(CN(C(=O)CN(c2ccc(Cl)cc2C)S(=O)(=O)c2ccc(C)cc2)[C@H](C)C(=O)NC2CCCCC2)cc1. The van der Waals surface area contributed by atoms with Crippen molar-refractivity contribution in [3.05, 3.63) is 94.0 Å². The fraction of sp³-hybridized carbons (Fsp3) is 0.394. The third-order valence-electron chi connectivity index (χ3n) is 7.91. The van der Waals surface area contributed by atoms with E-state index in [9.17, 15) is 18.0 Å². The first-order valence-electron chi connectivity index (χ1n) is 14.5. The zero-order valence-electron chi connectivity index (χ0n) is 24.8. The molecule has 224 valence electrons. The van der Waals surface area contributed by atoms with E-state index in [-0.39, 0.29) is 23.4 Å². The maximum atomic E-state index is 14.2. The molecule has 7 nitrogen and oxygen atoms in total. The van der Waals surface area contributed by atoms with Crippen molar-refractivity contribution in [2.75, 3.05) is 10.8 Å². The van der Waals surface area contributed by atoms with E-state index >= 15 is 0 Å². The normalized spacial score (nSPS) is 14.7. The van der Waals surface area contributed by atoms with Crippen molar-refractivity contribution < 1.29 is 18.0 Å². The predicted molar refractivity (Wildman–Crippen MR) is 168 cm³/mol. The summed E-state index contributed by atoms with van der Waals surface area (Å²) in [6, 6.07) is 18.4. The molecule has 1 saturated carbocycles. The number of amides is 2. The van der Waals surface area contributed by atoms with Crippen molar-refractivity contribution in [1.29, 1.82) is 0 Å². The van der Waals surface area contributed by atoms with Crippen molar-refractivity contribution in [1.82, 2.24) is 10.2 Å². The molecule has 0 bridgehead atoms.